The summed E-state index contributed by atoms with van der Waals surface area (Å²) in [6.07, 6.45) is 2.01. The summed E-state index contributed by atoms with van der Waals surface area (Å²) in [6, 6.07) is 3.54. The topological polar surface area (TPSA) is 63.1 Å². The van der Waals surface area contributed by atoms with Crippen LogP contribution in [0.15, 0.2) is 23.7 Å². The minimum Gasteiger partial charge on any atom is -0.477 e. The van der Waals surface area contributed by atoms with Crippen molar-refractivity contribution in [3.63, 3.8) is 0 Å². The van der Waals surface area contributed by atoms with Gasteiger partial charge in [-0.2, -0.15) is 0 Å². The molecule has 0 aliphatic rings. The summed E-state index contributed by atoms with van der Waals surface area (Å²) in [5.41, 5.74) is 1.85. The third kappa shape index (κ3) is 3.17. The lowest BCUT2D eigenvalue weighted by Gasteiger charge is -2.14. The maximum Gasteiger partial charge on any atom is 0.354 e. The second-order valence-corrected chi connectivity index (χ2v) is 6.31. The summed E-state index contributed by atoms with van der Waals surface area (Å²) in [5.74, 6) is -0.997. The monoisotopic (exact) mass is 276 g/mol. The first-order valence-corrected chi connectivity index (χ1v) is 6.88. The van der Waals surface area contributed by atoms with Gasteiger partial charge in [0.05, 0.1) is 10.7 Å². The Morgan fingerprint density at radius 1 is 1.42 bits per heavy atom. The van der Waals surface area contributed by atoms with Crippen LogP contribution in [-0.2, 0) is 11.8 Å². The van der Waals surface area contributed by atoms with Crippen molar-refractivity contribution in [1.82, 2.24) is 9.97 Å². The molecule has 0 atom stereocenters. The minimum absolute atomic E-state index is 0.0132. The van der Waals surface area contributed by atoms with Gasteiger partial charge in [-0.25, -0.2) is 14.8 Å². The molecule has 2 heterocycles. The number of aromatic nitrogens is 2. The summed E-state index contributed by atoms with van der Waals surface area (Å²) in [4.78, 5) is 19.6. The molecule has 0 aliphatic carbocycles. The first-order chi connectivity index (χ1) is 8.88. The summed E-state index contributed by atoms with van der Waals surface area (Å²) in [7, 11) is 0. The second kappa shape index (κ2) is 5.09. The fourth-order valence-electron chi connectivity index (χ4n) is 1.67. The Morgan fingerprint density at radius 2 is 2.16 bits per heavy atom. The molecule has 0 radical (unpaired) electrons. The number of carbonyl (C=O) groups is 1. The number of carboxylic acid groups (broad SMARTS) is 1. The molecular formula is C14H16N2O2S. The smallest absolute Gasteiger partial charge is 0.354 e. The number of aromatic carboxylic acids is 1. The fourth-order valence-corrected chi connectivity index (χ4v) is 2.72. The van der Waals surface area contributed by atoms with Crippen molar-refractivity contribution in [2.75, 3.05) is 0 Å². The first kappa shape index (κ1) is 13.7. The van der Waals surface area contributed by atoms with Gasteiger partial charge in [0, 0.05) is 23.4 Å². The van der Waals surface area contributed by atoms with E-state index in [0.717, 1.165) is 10.7 Å². The van der Waals surface area contributed by atoms with E-state index < -0.39 is 5.97 Å². The molecule has 0 amide bonds. The molecule has 0 aliphatic heterocycles. The Balaban J connectivity index is 2.27. The van der Waals surface area contributed by atoms with Crippen molar-refractivity contribution in [3.8, 4) is 0 Å². The number of nitrogens with zero attached hydrogens (tertiary/aromatic N) is 2. The van der Waals surface area contributed by atoms with Crippen LogP contribution in [0.5, 0.6) is 0 Å². The maximum atomic E-state index is 11.1. The molecule has 19 heavy (non-hydrogen) atoms. The highest BCUT2D eigenvalue weighted by atomic mass is 32.1. The van der Waals surface area contributed by atoms with Gasteiger partial charge in [0.1, 0.15) is 0 Å². The Hall–Kier alpha value is -1.75. The van der Waals surface area contributed by atoms with Crippen molar-refractivity contribution in [2.24, 2.45) is 0 Å². The number of pyridine rings is 1. The van der Waals surface area contributed by atoms with Gasteiger partial charge in [-0.05, 0) is 11.6 Å². The lowest BCUT2D eigenvalue weighted by molar-refractivity contribution is 0.0689. The van der Waals surface area contributed by atoms with Gasteiger partial charge in [-0.3, -0.25) is 0 Å². The van der Waals surface area contributed by atoms with E-state index in [-0.39, 0.29) is 11.1 Å². The van der Waals surface area contributed by atoms with Crippen LogP contribution in [-0.4, -0.2) is 21.0 Å². The van der Waals surface area contributed by atoms with Crippen molar-refractivity contribution < 1.29 is 9.90 Å². The highest BCUT2D eigenvalue weighted by molar-refractivity contribution is 7.09. The van der Waals surface area contributed by atoms with Crippen LogP contribution < -0.4 is 0 Å². The lowest BCUT2D eigenvalue weighted by atomic mass is 9.93. The molecule has 0 bridgehead atoms. The Morgan fingerprint density at radius 3 is 2.74 bits per heavy atom. The quantitative estimate of drug-likeness (QED) is 0.935. The number of hydrogen-bond donors (Lipinski definition) is 1. The normalized spacial score (nSPS) is 11.5. The van der Waals surface area contributed by atoms with Crippen LogP contribution in [0, 0.1) is 0 Å². The molecular weight excluding hydrogens is 260 g/mol. The average molecular weight is 276 g/mol. The van der Waals surface area contributed by atoms with Crippen molar-refractivity contribution in [3.05, 3.63) is 45.7 Å². The summed E-state index contributed by atoms with van der Waals surface area (Å²) in [5, 5.41) is 12.0. The standard InChI is InChI=1S/C14H16N2O2S/c1-14(2,3)10-8-19-11(16-10)7-9-5-4-6-15-12(9)13(17)18/h4-6,8H,7H2,1-3H3,(H,17,18). The van der Waals surface area contributed by atoms with Gasteiger partial charge in [0.2, 0.25) is 0 Å². The zero-order valence-electron chi connectivity index (χ0n) is 11.2. The number of rotatable bonds is 3. The average Bonchev–Trinajstić information content (AvgIpc) is 2.77. The van der Waals surface area contributed by atoms with E-state index >= 15 is 0 Å². The zero-order valence-corrected chi connectivity index (χ0v) is 12.0. The van der Waals surface area contributed by atoms with E-state index in [1.54, 1.807) is 23.5 Å². The molecule has 0 fully saturated rings. The van der Waals surface area contributed by atoms with E-state index in [4.69, 9.17) is 5.11 Å². The van der Waals surface area contributed by atoms with Crippen molar-refractivity contribution in [1.29, 1.82) is 0 Å². The van der Waals surface area contributed by atoms with Crippen molar-refractivity contribution in [2.45, 2.75) is 32.6 Å². The van der Waals surface area contributed by atoms with E-state index in [0.29, 0.717) is 12.0 Å². The predicted octanol–water partition coefficient (Wildman–Crippen LogP) is 3.12. The molecule has 100 valence electrons. The molecule has 1 N–H and O–H groups in total. The highest BCUT2D eigenvalue weighted by Gasteiger charge is 2.18. The van der Waals surface area contributed by atoms with Gasteiger partial charge in [0.25, 0.3) is 0 Å². The molecule has 2 rings (SSSR count). The molecule has 0 saturated carbocycles. The molecule has 0 aromatic carbocycles. The van der Waals surface area contributed by atoms with Gasteiger partial charge >= 0.3 is 5.97 Å². The van der Waals surface area contributed by atoms with Crippen LogP contribution in [0.4, 0.5) is 0 Å². The third-order valence-electron chi connectivity index (χ3n) is 2.76. The molecule has 0 saturated heterocycles. The van der Waals surface area contributed by atoms with Gasteiger partial charge < -0.3 is 5.11 Å². The van der Waals surface area contributed by atoms with E-state index in [1.807, 2.05) is 5.38 Å². The van der Waals surface area contributed by atoms with Crippen LogP contribution in [0.2, 0.25) is 0 Å². The van der Waals surface area contributed by atoms with Gasteiger partial charge in [-0.15, -0.1) is 11.3 Å². The number of hydrogen-bond acceptors (Lipinski definition) is 4. The Bertz CT molecular complexity index is 599. The third-order valence-corrected chi connectivity index (χ3v) is 3.60. The van der Waals surface area contributed by atoms with Gasteiger partial charge in [0.15, 0.2) is 5.69 Å². The van der Waals surface area contributed by atoms with Crippen LogP contribution >= 0.6 is 11.3 Å². The number of thiazole rings is 1. The second-order valence-electron chi connectivity index (χ2n) is 5.37. The summed E-state index contributed by atoms with van der Waals surface area (Å²) >= 11 is 1.56. The summed E-state index contributed by atoms with van der Waals surface area (Å²) in [6.45, 7) is 6.33. The molecule has 5 heteroatoms. The maximum absolute atomic E-state index is 11.1. The molecule has 4 nitrogen and oxygen atoms in total. The van der Waals surface area contributed by atoms with Crippen LogP contribution in [0.3, 0.4) is 0 Å². The van der Waals surface area contributed by atoms with Gasteiger partial charge in [-0.1, -0.05) is 26.8 Å². The zero-order chi connectivity index (χ0) is 14.0. The van der Waals surface area contributed by atoms with Crippen molar-refractivity contribution >= 4 is 17.3 Å². The fraction of sp³-hybridized carbons (Fsp3) is 0.357. The van der Waals surface area contributed by atoms with Crippen LogP contribution in [0.1, 0.15) is 47.5 Å². The lowest BCUT2D eigenvalue weighted by Crippen LogP contribution is -2.11. The Kier molecular flexibility index (Phi) is 3.66. The first-order valence-electron chi connectivity index (χ1n) is 6.00. The SMILES string of the molecule is CC(C)(C)c1csc(Cc2cccnc2C(=O)O)n1. The molecule has 2 aromatic rings. The number of carboxylic acids is 1. The highest BCUT2D eigenvalue weighted by Crippen LogP contribution is 2.25. The molecule has 0 unspecified atom stereocenters. The van der Waals surface area contributed by atoms with E-state index in [1.165, 1.54) is 6.20 Å². The summed E-state index contributed by atoms with van der Waals surface area (Å²) < 4.78 is 0. The molecule has 2 aromatic heterocycles. The molecule has 0 spiro atoms. The largest absolute Gasteiger partial charge is 0.477 e. The van der Waals surface area contributed by atoms with E-state index in [9.17, 15) is 4.79 Å². The van der Waals surface area contributed by atoms with Crippen LogP contribution in [0.25, 0.3) is 0 Å². The minimum atomic E-state index is -0.997. The predicted molar refractivity (Wildman–Crippen MR) is 74.8 cm³/mol. The Labute approximate surface area is 116 Å². The van der Waals surface area contributed by atoms with E-state index in [2.05, 4.69) is 30.7 Å².